The summed E-state index contributed by atoms with van der Waals surface area (Å²) in [5.74, 6) is 1.99. The van der Waals surface area contributed by atoms with Crippen LogP contribution in [0.1, 0.15) is 34.9 Å². The van der Waals surface area contributed by atoms with Crippen molar-refractivity contribution in [2.45, 2.75) is 33.7 Å². The summed E-state index contributed by atoms with van der Waals surface area (Å²) >= 11 is 7.76. The second-order valence-corrected chi connectivity index (χ2v) is 10.5. The first kappa shape index (κ1) is 26.3. The van der Waals surface area contributed by atoms with E-state index in [-0.39, 0.29) is 18.6 Å². The summed E-state index contributed by atoms with van der Waals surface area (Å²) < 4.78 is 0. The highest BCUT2D eigenvalue weighted by Gasteiger charge is 2.26. The summed E-state index contributed by atoms with van der Waals surface area (Å²) in [6.45, 7) is 12.0. The van der Waals surface area contributed by atoms with Crippen LogP contribution in [0.5, 0.6) is 0 Å². The van der Waals surface area contributed by atoms with Crippen LogP contribution >= 0.6 is 22.9 Å². The fourth-order valence-electron chi connectivity index (χ4n) is 4.30. The number of hydrogen-bond donors (Lipinski definition) is 2. The van der Waals surface area contributed by atoms with Crippen LogP contribution in [-0.2, 0) is 0 Å². The number of amides is 1. The molecule has 3 heterocycles. The lowest BCUT2D eigenvalue weighted by atomic mass is 10.1. The van der Waals surface area contributed by atoms with Gasteiger partial charge >= 0.3 is 0 Å². The SMILES string of the molecule is Cc1nc(Nc2ncc(C(=O)N(c3c(C)cccc3Cl)C(C)C)s2)cc(N2CCN(CCO)CC2)n1. The molecule has 0 unspecified atom stereocenters. The number of anilines is 4. The van der Waals surface area contributed by atoms with Crippen LogP contribution in [0.4, 0.5) is 22.5 Å². The zero-order valence-electron chi connectivity index (χ0n) is 21.0. The van der Waals surface area contributed by atoms with Crippen molar-refractivity contribution in [2.75, 3.05) is 54.4 Å². The number of aromatic nitrogens is 3. The molecule has 1 aliphatic heterocycles. The largest absolute Gasteiger partial charge is 0.395 e. The fraction of sp³-hybridized carbons (Fsp3) is 0.440. The minimum Gasteiger partial charge on any atom is -0.395 e. The molecule has 1 aromatic carbocycles. The van der Waals surface area contributed by atoms with Gasteiger partial charge in [0, 0.05) is 44.8 Å². The average molecular weight is 530 g/mol. The first-order chi connectivity index (χ1) is 17.3. The Bertz CT molecular complexity index is 1190. The van der Waals surface area contributed by atoms with E-state index in [1.807, 2.05) is 45.9 Å². The first-order valence-corrected chi connectivity index (χ1v) is 13.2. The number of carbonyl (C=O) groups excluding carboxylic acids is 1. The Morgan fingerprint density at radius 1 is 1.22 bits per heavy atom. The third-order valence-corrected chi connectivity index (χ3v) is 7.26. The fourth-order valence-corrected chi connectivity index (χ4v) is 5.37. The van der Waals surface area contributed by atoms with Gasteiger partial charge in [-0.05, 0) is 39.3 Å². The van der Waals surface area contributed by atoms with Crippen LogP contribution in [-0.4, -0.2) is 76.2 Å². The van der Waals surface area contributed by atoms with Crippen LogP contribution in [0.2, 0.25) is 5.02 Å². The molecule has 4 rings (SSSR count). The van der Waals surface area contributed by atoms with Gasteiger partial charge < -0.3 is 20.2 Å². The van der Waals surface area contributed by atoms with Crippen molar-refractivity contribution in [3.63, 3.8) is 0 Å². The predicted molar refractivity (Wildman–Crippen MR) is 146 cm³/mol. The topological polar surface area (TPSA) is 97.7 Å². The zero-order chi connectivity index (χ0) is 25.8. The van der Waals surface area contributed by atoms with Crippen LogP contribution in [0.3, 0.4) is 0 Å². The highest BCUT2D eigenvalue weighted by atomic mass is 35.5. The lowest BCUT2D eigenvalue weighted by molar-refractivity contribution is 0.0983. The zero-order valence-corrected chi connectivity index (χ0v) is 22.6. The smallest absolute Gasteiger partial charge is 0.270 e. The molecule has 1 amide bonds. The second kappa shape index (κ2) is 11.5. The number of nitrogens with zero attached hydrogens (tertiary/aromatic N) is 6. The number of aliphatic hydroxyl groups excluding tert-OH is 1. The number of piperazine rings is 1. The van der Waals surface area contributed by atoms with Crippen molar-refractivity contribution in [3.05, 3.63) is 51.7 Å². The van der Waals surface area contributed by atoms with Gasteiger partial charge in [-0.15, -0.1) is 0 Å². The van der Waals surface area contributed by atoms with Crippen molar-refractivity contribution in [1.82, 2.24) is 19.9 Å². The van der Waals surface area contributed by atoms with Gasteiger partial charge in [-0.25, -0.2) is 15.0 Å². The van der Waals surface area contributed by atoms with Crippen LogP contribution < -0.4 is 15.1 Å². The van der Waals surface area contributed by atoms with Gasteiger partial charge in [-0.1, -0.05) is 35.1 Å². The number of benzene rings is 1. The van der Waals surface area contributed by atoms with Crippen molar-refractivity contribution in [2.24, 2.45) is 0 Å². The van der Waals surface area contributed by atoms with Crippen molar-refractivity contribution < 1.29 is 9.90 Å². The number of halogens is 1. The normalized spacial score (nSPS) is 14.4. The number of rotatable bonds is 8. The molecule has 192 valence electrons. The Morgan fingerprint density at radius 3 is 2.64 bits per heavy atom. The molecule has 0 saturated carbocycles. The Kier molecular flexibility index (Phi) is 8.40. The minimum atomic E-state index is -0.146. The average Bonchev–Trinajstić information content (AvgIpc) is 3.30. The van der Waals surface area contributed by atoms with Gasteiger partial charge in [0.05, 0.1) is 23.5 Å². The predicted octanol–water partition coefficient (Wildman–Crippen LogP) is 4.12. The Balaban J connectivity index is 1.51. The van der Waals surface area contributed by atoms with E-state index in [0.29, 0.717) is 33.2 Å². The molecule has 2 N–H and O–H groups in total. The number of nitrogens with one attached hydrogen (secondary N) is 1. The summed E-state index contributed by atoms with van der Waals surface area (Å²) in [4.78, 5) is 33.8. The molecule has 11 heteroatoms. The van der Waals surface area contributed by atoms with Crippen LogP contribution in [0.25, 0.3) is 0 Å². The molecular formula is C25H32ClN7O2S. The molecule has 0 radical (unpaired) electrons. The van der Waals surface area contributed by atoms with Crippen LogP contribution in [0.15, 0.2) is 30.5 Å². The maximum absolute atomic E-state index is 13.5. The number of β-amino-alcohol motifs (C(OH)–C–C–N with tert-alkyl or cyclic N) is 1. The Morgan fingerprint density at radius 2 is 1.97 bits per heavy atom. The second-order valence-electron chi connectivity index (χ2n) is 9.04. The van der Waals surface area contributed by atoms with E-state index < -0.39 is 0 Å². The molecule has 0 bridgehead atoms. The Hall–Kier alpha value is -2.79. The molecule has 3 aromatic rings. The minimum absolute atomic E-state index is 0.0838. The van der Waals surface area contributed by atoms with Gasteiger partial charge in [0.15, 0.2) is 5.13 Å². The van der Waals surface area contributed by atoms with Gasteiger partial charge in [0.25, 0.3) is 5.91 Å². The lowest BCUT2D eigenvalue weighted by Crippen LogP contribution is -2.47. The molecule has 1 aliphatic rings. The van der Waals surface area contributed by atoms with E-state index in [0.717, 1.165) is 43.2 Å². The molecule has 0 atom stereocenters. The number of aliphatic hydroxyl groups is 1. The molecule has 1 saturated heterocycles. The third-order valence-electron chi connectivity index (χ3n) is 6.05. The highest BCUT2D eigenvalue weighted by molar-refractivity contribution is 7.17. The summed E-state index contributed by atoms with van der Waals surface area (Å²) in [6, 6.07) is 7.45. The summed E-state index contributed by atoms with van der Waals surface area (Å²) in [6.07, 6.45) is 1.59. The van der Waals surface area contributed by atoms with Gasteiger partial charge in [-0.2, -0.15) is 0 Å². The summed E-state index contributed by atoms with van der Waals surface area (Å²) in [5.41, 5.74) is 1.66. The van der Waals surface area contributed by atoms with Crippen LogP contribution in [0, 0.1) is 13.8 Å². The first-order valence-electron chi connectivity index (χ1n) is 12.0. The lowest BCUT2D eigenvalue weighted by Gasteiger charge is -2.35. The summed E-state index contributed by atoms with van der Waals surface area (Å²) in [5, 5.41) is 13.5. The number of carbonyl (C=O) groups is 1. The Labute approximate surface area is 220 Å². The molecule has 0 aliphatic carbocycles. The maximum atomic E-state index is 13.5. The number of aryl methyl sites for hydroxylation is 2. The van der Waals surface area contributed by atoms with Crippen molar-refractivity contribution >= 4 is 51.3 Å². The molecule has 36 heavy (non-hydrogen) atoms. The monoisotopic (exact) mass is 529 g/mol. The summed E-state index contributed by atoms with van der Waals surface area (Å²) in [7, 11) is 0. The van der Waals surface area contributed by atoms with E-state index in [1.165, 1.54) is 11.3 Å². The maximum Gasteiger partial charge on any atom is 0.270 e. The number of para-hydroxylation sites is 1. The molecule has 0 spiro atoms. The molecule has 1 fully saturated rings. The van der Waals surface area contributed by atoms with E-state index in [4.69, 9.17) is 11.6 Å². The molecule has 2 aromatic heterocycles. The van der Waals surface area contributed by atoms with Gasteiger partial charge in [-0.3, -0.25) is 9.69 Å². The van der Waals surface area contributed by atoms with E-state index in [2.05, 4.69) is 30.1 Å². The number of hydrogen-bond acceptors (Lipinski definition) is 9. The quantitative estimate of drug-likeness (QED) is 0.450. The standard InChI is InChI=1S/C25H32ClN7O2S/c1-16(2)33(23-17(3)6-5-7-19(23)26)24(35)20-15-27-25(36-20)30-21-14-22(29-18(4)28-21)32-10-8-31(9-11-32)12-13-34/h5-7,14-16,34H,8-13H2,1-4H3,(H,27,28,29,30). The number of thiazole rings is 1. The van der Waals surface area contributed by atoms with E-state index >= 15 is 0 Å². The van der Waals surface area contributed by atoms with Crippen molar-refractivity contribution in [3.8, 4) is 0 Å². The molecule has 9 nitrogen and oxygen atoms in total. The van der Waals surface area contributed by atoms with Gasteiger partial charge in [0.1, 0.15) is 22.3 Å². The van der Waals surface area contributed by atoms with Gasteiger partial charge in [0.2, 0.25) is 0 Å². The van der Waals surface area contributed by atoms with E-state index in [9.17, 15) is 9.90 Å². The van der Waals surface area contributed by atoms with E-state index in [1.54, 1.807) is 17.2 Å². The van der Waals surface area contributed by atoms with Crippen molar-refractivity contribution in [1.29, 1.82) is 0 Å². The molecular weight excluding hydrogens is 498 g/mol. The highest BCUT2D eigenvalue weighted by Crippen LogP contribution is 2.33. The third kappa shape index (κ3) is 5.95.